The van der Waals surface area contributed by atoms with Crippen molar-refractivity contribution in [3.8, 4) is 0 Å². The minimum absolute atomic E-state index is 0.0224. The molecule has 2 N–H and O–H groups in total. The topological polar surface area (TPSA) is 87.7 Å². The third-order valence-electron chi connectivity index (χ3n) is 10.3. The number of anilines is 2. The Balaban J connectivity index is 1.26. The van der Waals surface area contributed by atoms with Gasteiger partial charge < -0.3 is 20.3 Å². The smallest absolute Gasteiger partial charge is 0.253 e. The van der Waals surface area contributed by atoms with Crippen LogP contribution in [0.1, 0.15) is 95.1 Å². The van der Waals surface area contributed by atoms with Crippen LogP contribution in [0.15, 0.2) is 39.9 Å². The van der Waals surface area contributed by atoms with Crippen molar-refractivity contribution in [2.45, 2.75) is 121 Å². The maximum atomic E-state index is 13.1. The van der Waals surface area contributed by atoms with Crippen molar-refractivity contribution in [3.63, 3.8) is 0 Å². The summed E-state index contributed by atoms with van der Waals surface area (Å²) in [5.74, 6) is 1.72. The van der Waals surface area contributed by atoms with E-state index in [1.165, 1.54) is 50.5 Å². The van der Waals surface area contributed by atoms with Gasteiger partial charge in [-0.3, -0.25) is 14.4 Å². The highest BCUT2D eigenvalue weighted by molar-refractivity contribution is 6.76. The molecule has 3 fully saturated rings. The minimum atomic E-state index is -1.18. The van der Waals surface area contributed by atoms with Crippen LogP contribution >= 0.6 is 0 Å². The molecule has 248 valence electrons. The molecule has 5 rings (SSSR count). The van der Waals surface area contributed by atoms with Crippen LogP contribution in [0.4, 0.5) is 11.4 Å². The van der Waals surface area contributed by atoms with Gasteiger partial charge in [-0.1, -0.05) is 101 Å². The summed E-state index contributed by atoms with van der Waals surface area (Å²) in [5.41, 5.74) is 1.40. The first-order valence-corrected chi connectivity index (χ1v) is 21.7. The van der Waals surface area contributed by atoms with Crippen LogP contribution in [0.5, 0.6) is 0 Å². The monoisotopic (exact) mass is 635 g/mol. The van der Waals surface area contributed by atoms with Crippen LogP contribution in [0.3, 0.4) is 0 Å². The lowest BCUT2D eigenvalue weighted by Crippen LogP contribution is -2.49. The highest BCUT2D eigenvalue weighted by Gasteiger charge is 2.35. The molecular weight excluding hydrogens is 579 g/mol. The van der Waals surface area contributed by atoms with Crippen molar-refractivity contribution in [1.29, 1.82) is 0 Å². The summed E-state index contributed by atoms with van der Waals surface area (Å²) in [4.78, 5) is 41.1. The summed E-state index contributed by atoms with van der Waals surface area (Å²) in [6.07, 6.45) is 14.3. The molecule has 1 saturated heterocycles. The lowest BCUT2D eigenvalue weighted by molar-refractivity contribution is -0.121. The molecule has 2 aromatic carbocycles. The molecule has 3 atom stereocenters. The molecule has 3 unspecified atom stereocenters. The van der Waals surface area contributed by atoms with E-state index in [9.17, 15) is 14.4 Å². The standard InChI is InChI=1S/C37H57N3O4Si/c1-45(2,3)23-11-17-32(41)38-25-31(24-28-12-6-4-7-13-28)39-33-34(36(43)35(33)42)40-21-10-16-30(26-40)37(29-14-8-5-9-15-29)44-22-20-27-18-19-27/h5,8-9,14-15,27-28,30-31,37,39H,4,6-7,10-13,16-26H2,1-3H3,(H,38,41). The molecule has 0 bridgehead atoms. The van der Waals surface area contributed by atoms with Crippen LogP contribution in [0, 0.1) is 17.8 Å². The molecule has 1 heterocycles. The van der Waals surface area contributed by atoms with Crippen LogP contribution in [0.2, 0.25) is 25.7 Å². The van der Waals surface area contributed by atoms with Gasteiger partial charge in [0.25, 0.3) is 10.9 Å². The number of hydrogen-bond donors (Lipinski definition) is 2. The second-order valence-corrected chi connectivity index (χ2v) is 21.1. The van der Waals surface area contributed by atoms with Crippen LogP contribution < -0.4 is 26.4 Å². The molecule has 3 aliphatic rings. The molecular formula is C37H57N3O4Si. The zero-order chi connectivity index (χ0) is 31.8. The van der Waals surface area contributed by atoms with Gasteiger partial charge in [-0.25, -0.2) is 0 Å². The molecule has 2 aliphatic carbocycles. The number of carbonyl (C=O) groups excluding carboxylic acids is 1. The van der Waals surface area contributed by atoms with Crippen LogP contribution in [-0.2, 0) is 9.53 Å². The number of nitrogens with zero attached hydrogens (tertiary/aromatic N) is 1. The largest absolute Gasteiger partial charge is 0.375 e. The predicted octanol–water partition coefficient (Wildman–Crippen LogP) is 7.04. The third-order valence-corrected chi connectivity index (χ3v) is 12.2. The van der Waals surface area contributed by atoms with E-state index in [0.717, 1.165) is 57.2 Å². The lowest BCUT2D eigenvalue weighted by atomic mass is 9.84. The van der Waals surface area contributed by atoms with Gasteiger partial charge in [0.15, 0.2) is 0 Å². The van der Waals surface area contributed by atoms with E-state index in [0.29, 0.717) is 36.8 Å². The average molecular weight is 636 g/mol. The van der Waals surface area contributed by atoms with Crippen molar-refractivity contribution >= 4 is 25.4 Å². The lowest BCUT2D eigenvalue weighted by Gasteiger charge is -2.39. The number of benzene rings is 1. The fourth-order valence-electron chi connectivity index (χ4n) is 7.52. The third kappa shape index (κ3) is 10.0. The number of amides is 1. The SMILES string of the molecule is C[Si](C)(C)CCCC(=O)NCC(CC1CCCCC1)Nc1c(N2CCCC(C(OCCC3CC3)c3ccccc3)C2)c(=O)c1=O. The Hall–Kier alpha value is -2.45. The van der Waals surface area contributed by atoms with E-state index in [1.54, 1.807) is 0 Å². The Bertz CT molecular complexity index is 1290. The van der Waals surface area contributed by atoms with Crippen molar-refractivity contribution < 1.29 is 9.53 Å². The van der Waals surface area contributed by atoms with Gasteiger partial charge in [0, 0.05) is 52.7 Å². The van der Waals surface area contributed by atoms with E-state index in [-0.39, 0.29) is 29.4 Å². The quantitative estimate of drug-likeness (QED) is 0.143. The van der Waals surface area contributed by atoms with E-state index < -0.39 is 13.5 Å². The van der Waals surface area contributed by atoms with Gasteiger partial charge in [0.2, 0.25) is 5.91 Å². The summed E-state index contributed by atoms with van der Waals surface area (Å²) in [6, 6.07) is 11.6. The van der Waals surface area contributed by atoms with Gasteiger partial charge in [0.1, 0.15) is 11.4 Å². The molecule has 1 amide bonds. The zero-order valence-corrected chi connectivity index (χ0v) is 29.1. The highest BCUT2D eigenvalue weighted by Crippen LogP contribution is 2.38. The molecule has 1 aliphatic heterocycles. The molecule has 0 spiro atoms. The van der Waals surface area contributed by atoms with Gasteiger partial charge in [-0.2, -0.15) is 0 Å². The Morgan fingerprint density at radius 1 is 0.956 bits per heavy atom. The molecule has 2 aromatic rings. The Kier molecular flexibility index (Phi) is 12.0. The Morgan fingerprint density at radius 2 is 1.71 bits per heavy atom. The molecule has 8 heteroatoms. The second-order valence-electron chi connectivity index (χ2n) is 15.5. The maximum Gasteiger partial charge on any atom is 0.253 e. The fraction of sp³-hybridized carbons (Fsp3) is 0.703. The summed E-state index contributed by atoms with van der Waals surface area (Å²) < 4.78 is 6.57. The van der Waals surface area contributed by atoms with Crippen LogP contribution in [0.25, 0.3) is 0 Å². The van der Waals surface area contributed by atoms with Crippen molar-refractivity contribution in [1.82, 2.24) is 5.32 Å². The zero-order valence-electron chi connectivity index (χ0n) is 28.1. The highest BCUT2D eigenvalue weighted by atomic mass is 28.3. The first-order chi connectivity index (χ1) is 21.7. The fourth-order valence-corrected chi connectivity index (χ4v) is 8.76. The van der Waals surface area contributed by atoms with Gasteiger partial charge in [-0.05, 0) is 49.5 Å². The summed E-state index contributed by atoms with van der Waals surface area (Å²) in [6.45, 7) is 9.72. The van der Waals surface area contributed by atoms with Crippen molar-refractivity contribution in [2.24, 2.45) is 17.8 Å². The average Bonchev–Trinajstić information content (AvgIpc) is 3.86. The molecule has 0 radical (unpaired) electrons. The Morgan fingerprint density at radius 3 is 2.42 bits per heavy atom. The molecule has 7 nitrogen and oxygen atoms in total. The molecule has 0 aromatic heterocycles. The Labute approximate surface area is 271 Å². The molecule has 2 saturated carbocycles. The maximum absolute atomic E-state index is 13.1. The van der Waals surface area contributed by atoms with E-state index in [2.05, 4.69) is 59.4 Å². The minimum Gasteiger partial charge on any atom is -0.375 e. The number of hydrogen-bond acceptors (Lipinski definition) is 6. The predicted molar refractivity (Wildman–Crippen MR) is 188 cm³/mol. The summed E-state index contributed by atoms with van der Waals surface area (Å²) in [7, 11) is -1.18. The van der Waals surface area contributed by atoms with Gasteiger partial charge in [-0.15, -0.1) is 0 Å². The summed E-state index contributed by atoms with van der Waals surface area (Å²) >= 11 is 0. The van der Waals surface area contributed by atoms with Crippen LogP contribution in [-0.4, -0.2) is 46.3 Å². The van der Waals surface area contributed by atoms with E-state index >= 15 is 0 Å². The van der Waals surface area contributed by atoms with E-state index in [1.807, 2.05) is 6.07 Å². The second kappa shape index (κ2) is 15.9. The van der Waals surface area contributed by atoms with Crippen molar-refractivity contribution in [2.75, 3.05) is 36.5 Å². The number of nitrogens with one attached hydrogen (secondary N) is 2. The number of ether oxygens (including phenoxy) is 1. The number of rotatable bonds is 17. The van der Waals surface area contributed by atoms with E-state index in [4.69, 9.17) is 4.74 Å². The number of carbonyl (C=O) groups is 1. The first-order valence-electron chi connectivity index (χ1n) is 18.0. The van der Waals surface area contributed by atoms with Gasteiger partial charge in [0.05, 0.1) is 6.10 Å². The normalized spacial score (nSPS) is 21.0. The van der Waals surface area contributed by atoms with Crippen molar-refractivity contribution in [3.05, 3.63) is 56.3 Å². The number of piperidine rings is 1. The first kappa shape index (κ1) is 33.9. The molecule has 45 heavy (non-hydrogen) atoms. The summed E-state index contributed by atoms with van der Waals surface area (Å²) in [5, 5.41) is 6.69. The van der Waals surface area contributed by atoms with Gasteiger partial charge >= 0.3 is 0 Å².